The second kappa shape index (κ2) is 6.36. The second-order valence-electron chi connectivity index (χ2n) is 6.23. The quantitative estimate of drug-likeness (QED) is 0.850. The molecule has 7 nitrogen and oxygen atoms in total. The number of hydrogen-bond acceptors (Lipinski definition) is 4. The van der Waals surface area contributed by atoms with E-state index in [9.17, 15) is 9.59 Å². The summed E-state index contributed by atoms with van der Waals surface area (Å²) in [5.74, 6) is -1.13. The number of aliphatic carboxylic acids is 1. The molecule has 0 radical (unpaired) electrons. The summed E-state index contributed by atoms with van der Waals surface area (Å²) >= 11 is 0. The number of hydrogen-bond donors (Lipinski definition) is 2. The maximum atomic E-state index is 12.5. The maximum absolute atomic E-state index is 12.5. The number of pyridine rings is 1. The lowest BCUT2D eigenvalue weighted by Crippen LogP contribution is -2.44. The summed E-state index contributed by atoms with van der Waals surface area (Å²) in [6, 6.07) is 1.78. The molecule has 0 saturated heterocycles. The van der Waals surface area contributed by atoms with Gasteiger partial charge in [0, 0.05) is 23.9 Å². The second-order valence-corrected chi connectivity index (χ2v) is 6.23. The van der Waals surface area contributed by atoms with Gasteiger partial charge in [-0.15, -0.1) is 0 Å². The van der Waals surface area contributed by atoms with Gasteiger partial charge in [-0.2, -0.15) is 5.10 Å². The minimum atomic E-state index is -0.876. The van der Waals surface area contributed by atoms with Gasteiger partial charge in [-0.3, -0.25) is 9.59 Å². The lowest BCUT2D eigenvalue weighted by Gasteiger charge is -2.26. The number of carboxylic acids is 1. The number of amides is 1. The summed E-state index contributed by atoms with van der Waals surface area (Å²) in [6.07, 6.45) is 2.06. The van der Waals surface area contributed by atoms with E-state index in [1.165, 1.54) is 0 Å². The van der Waals surface area contributed by atoms with Crippen LogP contribution < -0.4 is 5.32 Å². The zero-order chi connectivity index (χ0) is 17.2. The molecule has 23 heavy (non-hydrogen) atoms. The van der Waals surface area contributed by atoms with Crippen molar-refractivity contribution in [1.29, 1.82) is 0 Å². The van der Waals surface area contributed by atoms with Crippen molar-refractivity contribution in [3.63, 3.8) is 0 Å². The van der Waals surface area contributed by atoms with Crippen LogP contribution >= 0.6 is 0 Å². The molecule has 7 heteroatoms. The zero-order valence-electron chi connectivity index (χ0n) is 13.9. The summed E-state index contributed by atoms with van der Waals surface area (Å²) in [6.45, 7) is 8.10. The predicted molar refractivity (Wildman–Crippen MR) is 86.4 cm³/mol. The molecule has 0 atom stereocenters. The molecule has 2 aromatic heterocycles. The van der Waals surface area contributed by atoms with E-state index < -0.39 is 11.5 Å². The lowest BCUT2D eigenvalue weighted by molar-refractivity contribution is -0.137. The largest absolute Gasteiger partial charge is 0.481 e. The van der Waals surface area contributed by atoms with Crippen LogP contribution in [0.5, 0.6) is 0 Å². The minimum absolute atomic E-state index is 0.00676. The first-order chi connectivity index (χ1) is 10.7. The number of carbonyl (C=O) groups is 2. The highest BCUT2D eigenvalue weighted by Gasteiger charge is 2.24. The fourth-order valence-corrected chi connectivity index (χ4v) is 2.41. The molecule has 2 aromatic rings. The molecule has 0 bridgehead atoms. The molecular weight excluding hydrogens is 296 g/mol. The van der Waals surface area contributed by atoms with E-state index in [0.29, 0.717) is 24.2 Å². The third-order valence-electron chi connectivity index (χ3n) is 3.76. The SMILES string of the molecule is CCn1ncc2cc(C(=O)NC(C)(C)CCC(=O)O)c(C)nc21. The Kier molecular flexibility index (Phi) is 4.68. The van der Waals surface area contributed by atoms with Gasteiger partial charge in [0.05, 0.1) is 17.5 Å². The van der Waals surface area contributed by atoms with Crippen LogP contribution in [-0.2, 0) is 11.3 Å². The number of carboxylic acid groups (broad SMARTS) is 1. The van der Waals surface area contributed by atoms with Gasteiger partial charge in [0.1, 0.15) is 0 Å². The van der Waals surface area contributed by atoms with Crippen molar-refractivity contribution in [1.82, 2.24) is 20.1 Å². The first-order valence-corrected chi connectivity index (χ1v) is 7.61. The number of aromatic nitrogens is 3. The maximum Gasteiger partial charge on any atom is 0.303 e. The molecule has 0 fully saturated rings. The van der Waals surface area contributed by atoms with Crippen LogP contribution in [0, 0.1) is 6.92 Å². The summed E-state index contributed by atoms with van der Waals surface area (Å²) in [4.78, 5) is 27.7. The van der Waals surface area contributed by atoms with Crippen molar-refractivity contribution in [2.45, 2.75) is 52.6 Å². The van der Waals surface area contributed by atoms with E-state index in [0.717, 1.165) is 11.0 Å². The average molecular weight is 318 g/mol. The van der Waals surface area contributed by atoms with Gasteiger partial charge in [0.2, 0.25) is 0 Å². The third kappa shape index (κ3) is 3.85. The molecule has 0 aliphatic carbocycles. The molecule has 0 saturated carbocycles. The van der Waals surface area contributed by atoms with Crippen LogP contribution in [0.2, 0.25) is 0 Å². The van der Waals surface area contributed by atoms with Crippen molar-refractivity contribution in [2.75, 3.05) is 0 Å². The van der Waals surface area contributed by atoms with E-state index in [-0.39, 0.29) is 12.3 Å². The lowest BCUT2D eigenvalue weighted by atomic mass is 9.97. The number of aryl methyl sites for hydroxylation is 2. The van der Waals surface area contributed by atoms with Crippen LogP contribution in [0.25, 0.3) is 11.0 Å². The number of nitrogens with one attached hydrogen (secondary N) is 1. The van der Waals surface area contributed by atoms with Crippen molar-refractivity contribution < 1.29 is 14.7 Å². The van der Waals surface area contributed by atoms with Gasteiger partial charge in [-0.25, -0.2) is 9.67 Å². The molecule has 0 spiro atoms. The third-order valence-corrected chi connectivity index (χ3v) is 3.76. The zero-order valence-corrected chi connectivity index (χ0v) is 13.9. The van der Waals surface area contributed by atoms with Crippen molar-refractivity contribution >= 4 is 22.9 Å². The van der Waals surface area contributed by atoms with Crippen LogP contribution in [0.4, 0.5) is 0 Å². The molecule has 0 aliphatic heterocycles. The summed E-state index contributed by atoms with van der Waals surface area (Å²) in [7, 11) is 0. The Labute approximate surface area is 134 Å². The minimum Gasteiger partial charge on any atom is -0.481 e. The monoisotopic (exact) mass is 318 g/mol. The molecule has 0 aliphatic rings. The molecule has 2 rings (SSSR count). The van der Waals surface area contributed by atoms with Gasteiger partial charge in [0.15, 0.2) is 5.65 Å². The highest BCUT2D eigenvalue weighted by Crippen LogP contribution is 2.18. The fraction of sp³-hybridized carbons (Fsp3) is 0.500. The Hall–Kier alpha value is -2.44. The smallest absolute Gasteiger partial charge is 0.303 e. The van der Waals surface area contributed by atoms with Gasteiger partial charge < -0.3 is 10.4 Å². The van der Waals surface area contributed by atoms with E-state index in [1.807, 2.05) is 20.8 Å². The molecule has 2 N–H and O–H groups in total. The number of rotatable bonds is 6. The summed E-state index contributed by atoms with van der Waals surface area (Å²) in [5, 5.41) is 16.7. The highest BCUT2D eigenvalue weighted by atomic mass is 16.4. The molecule has 1 amide bonds. The Bertz CT molecular complexity index is 749. The molecular formula is C16H22N4O3. The van der Waals surface area contributed by atoms with Crippen LogP contribution in [0.15, 0.2) is 12.3 Å². The van der Waals surface area contributed by atoms with Crippen LogP contribution in [-0.4, -0.2) is 37.3 Å². The Morgan fingerprint density at radius 3 is 2.70 bits per heavy atom. The topological polar surface area (TPSA) is 97.1 Å². The Balaban J connectivity index is 2.23. The number of carbonyl (C=O) groups excluding carboxylic acids is 1. The molecule has 0 unspecified atom stereocenters. The van der Waals surface area contributed by atoms with E-state index in [4.69, 9.17) is 5.11 Å². The fourth-order valence-electron chi connectivity index (χ4n) is 2.41. The predicted octanol–water partition coefficient (Wildman–Crippen LogP) is 2.13. The Morgan fingerprint density at radius 2 is 2.09 bits per heavy atom. The first kappa shape index (κ1) is 16.9. The van der Waals surface area contributed by atoms with Gasteiger partial charge in [0.25, 0.3) is 5.91 Å². The van der Waals surface area contributed by atoms with E-state index >= 15 is 0 Å². The van der Waals surface area contributed by atoms with E-state index in [1.54, 1.807) is 23.9 Å². The normalized spacial score (nSPS) is 11.7. The van der Waals surface area contributed by atoms with E-state index in [2.05, 4.69) is 15.4 Å². The van der Waals surface area contributed by atoms with Gasteiger partial charge in [-0.1, -0.05) is 0 Å². The summed E-state index contributed by atoms with van der Waals surface area (Å²) in [5.41, 5.74) is 1.26. The summed E-state index contributed by atoms with van der Waals surface area (Å²) < 4.78 is 1.78. The molecule has 0 aromatic carbocycles. The van der Waals surface area contributed by atoms with Crippen LogP contribution in [0.1, 0.15) is 49.7 Å². The standard InChI is InChI=1S/C16H22N4O3/c1-5-20-14-11(9-17-20)8-12(10(2)18-14)15(23)19-16(3,4)7-6-13(21)22/h8-9H,5-7H2,1-4H3,(H,19,23)(H,21,22). The number of fused-ring (bicyclic) bond motifs is 1. The van der Waals surface area contributed by atoms with Crippen LogP contribution in [0.3, 0.4) is 0 Å². The highest BCUT2D eigenvalue weighted by molar-refractivity contribution is 5.98. The Morgan fingerprint density at radius 1 is 1.39 bits per heavy atom. The first-order valence-electron chi connectivity index (χ1n) is 7.61. The van der Waals surface area contributed by atoms with Crippen molar-refractivity contribution in [3.05, 3.63) is 23.5 Å². The van der Waals surface area contributed by atoms with Gasteiger partial charge >= 0.3 is 5.97 Å². The number of nitrogens with zero attached hydrogens (tertiary/aromatic N) is 3. The average Bonchev–Trinajstić information content (AvgIpc) is 2.85. The molecule has 2 heterocycles. The van der Waals surface area contributed by atoms with Crippen molar-refractivity contribution in [2.24, 2.45) is 0 Å². The molecule has 124 valence electrons. The van der Waals surface area contributed by atoms with Crippen molar-refractivity contribution in [3.8, 4) is 0 Å². The van der Waals surface area contributed by atoms with Gasteiger partial charge in [-0.05, 0) is 40.2 Å².